The number of hydrogen-bond donors (Lipinski definition) is 3. The average molecular weight is 450 g/mol. The molecule has 1 aromatic heterocycles. The zero-order chi connectivity index (χ0) is 22.4. The van der Waals surface area contributed by atoms with Gasteiger partial charge >= 0.3 is 0 Å². The number of nitrogens with one attached hydrogen (secondary N) is 1. The molecule has 0 spiro atoms. The minimum absolute atomic E-state index is 0.105. The first-order chi connectivity index (χ1) is 15.4. The van der Waals surface area contributed by atoms with Crippen LogP contribution in [0.1, 0.15) is 54.4 Å². The van der Waals surface area contributed by atoms with Crippen LogP contribution in [-0.2, 0) is 0 Å². The Labute approximate surface area is 193 Å². The van der Waals surface area contributed by atoms with E-state index in [0.29, 0.717) is 16.6 Å². The number of hydrogen-bond acceptors (Lipinski definition) is 5. The quantitative estimate of drug-likeness (QED) is 0.425. The fourth-order valence-electron chi connectivity index (χ4n) is 4.65. The van der Waals surface area contributed by atoms with Gasteiger partial charge in [-0.15, -0.1) is 0 Å². The topological polar surface area (TPSA) is 88.2 Å². The number of anilines is 1. The lowest BCUT2D eigenvalue weighted by Gasteiger charge is -2.29. The second-order valence-corrected chi connectivity index (χ2v) is 9.70. The molecule has 0 aliphatic heterocycles. The molecule has 6 heteroatoms. The molecule has 32 heavy (non-hydrogen) atoms. The highest BCUT2D eigenvalue weighted by Gasteiger charge is 2.33. The summed E-state index contributed by atoms with van der Waals surface area (Å²) in [4.78, 5) is 17.7. The summed E-state index contributed by atoms with van der Waals surface area (Å²) in [5.74, 6) is 0.410. The first kappa shape index (κ1) is 21.2. The predicted octanol–water partition coefficient (Wildman–Crippen LogP) is 5.84. The third kappa shape index (κ3) is 4.07. The predicted molar refractivity (Wildman–Crippen MR) is 129 cm³/mol. The Bertz CT molecular complexity index is 1170. The van der Waals surface area contributed by atoms with Gasteiger partial charge in [0.25, 0.3) is 0 Å². The fraction of sp³-hybridized carbons (Fsp3) is 0.385. The SMILES string of the molecule is Cc1cc(-c2ccc3ncc(C(=O)C4CC4)c(NC4CCC(N)CC4)c3c2)cc(Cl)c1O. The van der Waals surface area contributed by atoms with E-state index in [2.05, 4.69) is 16.4 Å². The second-order valence-electron chi connectivity index (χ2n) is 9.30. The van der Waals surface area contributed by atoms with Crippen molar-refractivity contribution in [3.63, 3.8) is 0 Å². The molecule has 2 fully saturated rings. The minimum atomic E-state index is 0.105. The third-order valence-electron chi connectivity index (χ3n) is 6.79. The van der Waals surface area contributed by atoms with Crippen LogP contribution in [0.5, 0.6) is 5.75 Å². The standard InChI is InChI=1S/C26H28ClN3O2/c1-14-10-17(12-22(27)25(14)31)16-4-9-23-20(11-16)24(30-19-7-5-18(28)6-8-19)21(13-29-23)26(32)15-2-3-15/h4,9-13,15,18-19,31H,2-3,5-8,28H2,1H3,(H,29,30). The molecule has 1 heterocycles. The first-order valence-corrected chi connectivity index (χ1v) is 11.8. The number of rotatable bonds is 5. The maximum Gasteiger partial charge on any atom is 0.169 e. The molecule has 2 aliphatic rings. The number of nitrogens with zero attached hydrogens (tertiary/aromatic N) is 1. The number of halogens is 1. The van der Waals surface area contributed by atoms with Gasteiger partial charge in [0, 0.05) is 29.6 Å². The summed E-state index contributed by atoms with van der Waals surface area (Å²) in [6.07, 6.45) is 7.62. The number of ketones is 1. The highest BCUT2D eigenvalue weighted by Crippen LogP contribution is 2.39. The van der Waals surface area contributed by atoms with E-state index in [1.165, 1.54) is 0 Å². The van der Waals surface area contributed by atoms with Crippen molar-refractivity contribution < 1.29 is 9.90 Å². The van der Waals surface area contributed by atoms with E-state index in [1.807, 2.05) is 25.1 Å². The number of phenols is 1. The van der Waals surface area contributed by atoms with Crippen molar-refractivity contribution >= 4 is 34.0 Å². The van der Waals surface area contributed by atoms with Gasteiger partial charge in [-0.2, -0.15) is 0 Å². The molecule has 2 aliphatic carbocycles. The Kier molecular flexibility index (Phi) is 5.56. The number of aryl methyl sites for hydroxylation is 1. The number of Topliss-reactive ketones (excluding diaryl/α,β-unsaturated/α-hetero) is 1. The highest BCUT2D eigenvalue weighted by molar-refractivity contribution is 6.32. The smallest absolute Gasteiger partial charge is 0.169 e. The lowest BCUT2D eigenvalue weighted by Crippen LogP contribution is -2.33. The first-order valence-electron chi connectivity index (χ1n) is 11.4. The Morgan fingerprint density at radius 3 is 2.53 bits per heavy atom. The average Bonchev–Trinajstić information content (AvgIpc) is 3.63. The molecule has 2 aromatic carbocycles. The van der Waals surface area contributed by atoms with Crippen molar-refractivity contribution in [2.24, 2.45) is 11.7 Å². The molecule has 0 unspecified atom stereocenters. The van der Waals surface area contributed by atoms with Crippen LogP contribution < -0.4 is 11.1 Å². The third-order valence-corrected chi connectivity index (χ3v) is 7.08. The molecule has 5 rings (SSSR count). The zero-order valence-corrected chi connectivity index (χ0v) is 19.0. The number of fused-ring (bicyclic) bond motifs is 1. The molecule has 3 aromatic rings. The molecule has 0 saturated heterocycles. The van der Waals surface area contributed by atoms with E-state index in [-0.39, 0.29) is 23.5 Å². The number of pyridine rings is 1. The van der Waals surface area contributed by atoms with Crippen molar-refractivity contribution in [2.45, 2.75) is 57.5 Å². The van der Waals surface area contributed by atoms with Crippen LogP contribution in [0, 0.1) is 12.8 Å². The second kappa shape index (κ2) is 8.38. The molecular weight excluding hydrogens is 422 g/mol. The van der Waals surface area contributed by atoms with Crippen LogP contribution in [0.25, 0.3) is 22.0 Å². The molecule has 0 atom stereocenters. The summed E-state index contributed by atoms with van der Waals surface area (Å²) < 4.78 is 0. The fourth-order valence-corrected chi connectivity index (χ4v) is 4.92. The highest BCUT2D eigenvalue weighted by atomic mass is 35.5. The number of aromatic nitrogens is 1. The number of phenolic OH excluding ortho intramolecular Hbond substituents is 1. The van der Waals surface area contributed by atoms with Crippen molar-refractivity contribution in [1.29, 1.82) is 0 Å². The van der Waals surface area contributed by atoms with E-state index >= 15 is 0 Å². The Hall–Kier alpha value is -2.63. The maximum atomic E-state index is 13.1. The van der Waals surface area contributed by atoms with Crippen LogP contribution >= 0.6 is 11.6 Å². The van der Waals surface area contributed by atoms with E-state index in [4.69, 9.17) is 17.3 Å². The van der Waals surface area contributed by atoms with E-state index < -0.39 is 0 Å². The van der Waals surface area contributed by atoms with Gasteiger partial charge in [-0.05, 0) is 86.4 Å². The summed E-state index contributed by atoms with van der Waals surface area (Å²) in [7, 11) is 0. The zero-order valence-electron chi connectivity index (χ0n) is 18.2. The Morgan fingerprint density at radius 1 is 1.09 bits per heavy atom. The van der Waals surface area contributed by atoms with Gasteiger partial charge in [-0.1, -0.05) is 17.7 Å². The summed E-state index contributed by atoms with van der Waals surface area (Å²) in [6.45, 7) is 1.83. The van der Waals surface area contributed by atoms with Crippen LogP contribution in [0.4, 0.5) is 5.69 Å². The van der Waals surface area contributed by atoms with Gasteiger partial charge in [-0.25, -0.2) is 0 Å². The van der Waals surface area contributed by atoms with Gasteiger partial charge in [0.1, 0.15) is 5.75 Å². The normalized spacial score (nSPS) is 21.0. The number of benzene rings is 2. The van der Waals surface area contributed by atoms with E-state index in [1.54, 1.807) is 12.3 Å². The van der Waals surface area contributed by atoms with Crippen LogP contribution in [-0.4, -0.2) is 28.0 Å². The summed E-state index contributed by atoms with van der Waals surface area (Å²) in [5, 5.41) is 15.0. The molecule has 0 amide bonds. The van der Waals surface area contributed by atoms with Gasteiger partial charge in [-0.3, -0.25) is 9.78 Å². The lowest BCUT2D eigenvalue weighted by atomic mass is 9.91. The Balaban J connectivity index is 1.62. The summed E-state index contributed by atoms with van der Waals surface area (Å²) in [6, 6.07) is 10.3. The molecular formula is C26H28ClN3O2. The summed E-state index contributed by atoms with van der Waals surface area (Å²) >= 11 is 6.24. The maximum absolute atomic E-state index is 13.1. The molecule has 0 radical (unpaired) electrons. The van der Waals surface area contributed by atoms with Crippen molar-refractivity contribution in [3.05, 3.63) is 52.7 Å². The number of nitrogens with two attached hydrogens (primary N) is 1. The molecule has 5 nitrogen and oxygen atoms in total. The van der Waals surface area contributed by atoms with Crippen LogP contribution in [0.3, 0.4) is 0 Å². The Morgan fingerprint density at radius 2 is 1.84 bits per heavy atom. The van der Waals surface area contributed by atoms with Crippen molar-refractivity contribution in [2.75, 3.05) is 5.32 Å². The number of carbonyl (C=O) groups is 1. The van der Waals surface area contributed by atoms with Crippen molar-refractivity contribution in [3.8, 4) is 16.9 Å². The van der Waals surface area contributed by atoms with Gasteiger partial charge in [0.05, 0.1) is 21.8 Å². The molecule has 0 bridgehead atoms. The minimum Gasteiger partial charge on any atom is -0.506 e. The lowest BCUT2D eigenvalue weighted by molar-refractivity contribution is 0.0968. The number of aromatic hydroxyl groups is 1. The molecule has 2 saturated carbocycles. The van der Waals surface area contributed by atoms with E-state index in [9.17, 15) is 9.90 Å². The molecule has 166 valence electrons. The largest absolute Gasteiger partial charge is 0.506 e. The van der Waals surface area contributed by atoms with Gasteiger partial charge in [0.2, 0.25) is 0 Å². The van der Waals surface area contributed by atoms with Crippen molar-refractivity contribution in [1.82, 2.24) is 4.98 Å². The van der Waals surface area contributed by atoms with Gasteiger partial charge in [0.15, 0.2) is 5.78 Å². The molecule has 4 N–H and O–H groups in total. The van der Waals surface area contributed by atoms with Crippen LogP contribution in [0.15, 0.2) is 36.5 Å². The van der Waals surface area contributed by atoms with E-state index in [0.717, 1.165) is 71.8 Å². The number of carbonyl (C=O) groups excluding carboxylic acids is 1. The summed E-state index contributed by atoms with van der Waals surface area (Å²) in [5.41, 5.74) is 11.1. The monoisotopic (exact) mass is 449 g/mol. The van der Waals surface area contributed by atoms with Gasteiger partial charge < -0.3 is 16.2 Å². The van der Waals surface area contributed by atoms with Crippen LogP contribution in [0.2, 0.25) is 5.02 Å².